The highest BCUT2D eigenvalue weighted by Gasteiger charge is 2.37. The number of halogens is 2. The van der Waals surface area contributed by atoms with Crippen LogP contribution in [0.2, 0.25) is 10.0 Å². The highest BCUT2D eigenvalue weighted by molar-refractivity contribution is 6.31. The third-order valence-electron chi connectivity index (χ3n) is 5.93. The fraction of sp³-hybridized carbons (Fsp3) is 0.0769. The highest BCUT2D eigenvalue weighted by Crippen LogP contribution is 2.41. The normalized spacial score (nSPS) is 13.2. The molecule has 5 aromatic rings. The number of aromatic hydroxyl groups is 1. The molecule has 0 bridgehead atoms. The van der Waals surface area contributed by atoms with E-state index in [0.29, 0.717) is 43.4 Å². The molecule has 8 heteroatoms. The van der Waals surface area contributed by atoms with E-state index < -0.39 is 5.60 Å². The minimum Gasteiger partial charge on any atom is -0.506 e. The number of phenols is 1. The van der Waals surface area contributed by atoms with E-state index >= 15 is 0 Å². The Bertz CT molecular complexity index is 1590. The first-order valence-corrected chi connectivity index (χ1v) is 11.1. The summed E-state index contributed by atoms with van der Waals surface area (Å²) in [5.41, 5.74) is 0.898. The summed E-state index contributed by atoms with van der Waals surface area (Å²) in [7, 11) is 1.78. The molecule has 0 aliphatic rings. The number of fused-ring (bicyclic) bond motifs is 1. The zero-order chi connectivity index (χ0) is 24.0. The molecule has 0 spiro atoms. The van der Waals surface area contributed by atoms with Gasteiger partial charge < -0.3 is 19.8 Å². The quantitative estimate of drug-likeness (QED) is 0.321. The molecule has 3 N–H and O–H groups in total. The van der Waals surface area contributed by atoms with Crippen LogP contribution in [0.1, 0.15) is 16.8 Å². The molecule has 1 atom stereocenters. The third kappa shape index (κ3) is 3.66. The number of benzene rings is 3. The lowest BCUT2D eigenvalue weighted by Gasteiger charge is -2.30. The molecule has 6 nitrogen and oxygen atoms in total. The van der Waals surface area contributed by atoms with Crippen LogP contribution in [0.5, 0.6) is 5.75 Å². The van der Waals surface area contributed by atoms with Gasteiger partial charge in [0.05, 0.1) is 23.7 Å². The standard InChI is InChI=1S/C26H19Cl2N3O3/c1-31-14-29-13-23(31)26(34,16-5-7-18(27)8-6-16)17-10-21-20(15-3-2-4-19(28)9-15)12-24(33)30-25(21)22(32)11-17/h2-14,32,34H,1H3,(H,30,33). The molecule has 34 heavy (non-hydrogen) atoms. The molecule has 170 valence electrons. The van der Waals surface area contributed by atoms with Crippen LogP contribution in [0.15, 0.2) is 84.0 Å². The van der Waals surface area contributed by atoms with Crippen molar-refractivity contribution in [1.82, 2.24) is 14.5 Å². The number of hydrogen-bond acceptors (Lipinski definition) is 4. The van der Waals surface area contributed by atoms with Gasteiger partial charge in [0, 0.05) is 28.5 Å². The summed E-state index contributed by atoms with van der Waals surface area (Å²) in [5.74, 6) is -0.178. The van der Waals surface area contributed by atoms with Gasteiger partial charge in [-0.05, 0) is 58.7 Å². The van der Waals surface area contributed by atoms with Crippen LogP contribution in [0.4, 0.5) is 0 Å². The maximum Gasteiger partial charge on any atom is 0.249 e. The smallest absolute Gasteiger partial charge is 0.249 e. The molecule has 0 radical (unpaired) electrons. The third-order valence-corrected chi connectivity index (χ3v) is 6.42. The SMILES string of the molecule is Cn1cncc1C(O)(c1ccc(Cl)cc1)c1cc(O)c2[nH]c(=O)cc(-c3cccc(Cl)c3)c2c1. The predicted molar refractivity (Wildman–Crippen MR) is 133 cm³/mol. The van der Waals surface area contributed by atoms with Crippen LogP contribution in [-0.2, 0) is 12.6 Å². The van der Waals surface area contributed by atoms with Crippen molar-refractivity contribution in [2.45, 2.75) is 5.60 Å². The van der Waals surface area contributed by atoms with Gasteiger partial charge in [0.2, 0.25) is 5.56 Å². The first kappa shape index (κ1) is 22.2. The summed E-state index contributed by atoms with van der Waals surface area (Å²) in [6, 6.07) is 18.6. The zero-order valence-electron chi connectivity index (χ0n) is 18.0. The molecular formula is C26H19Cl2N3O3. The molecule has 1 unspecified atom stereocenters. The number of pyridine rings is 1. The average molecular weight is 492 g/mol. The second-order valence-corrected chi connectivity index (χ2v) is 8.96. The molecule has 0 aliphatic heterocycles. The molecule has 2 aromatic heterocycles. The van der Waals surface area contributed by atoms with E-state index in [1.165, 1.54) is 12.1 Å². The Labute approximate surface area is 204 Å². The largest absolute Gasteiger partial charge is 0.506 e. The van der Waals surface area contributed by atoms with Crippen LogP contribution < -0.4 is 5.56 Å². The number of aromatic amines is 1. The summed E-state index contributed by atoms with van der Waals surface area (Å²) < 4.78 is 1.71. The van der Waals surface area contributed by atoms with Crippen LogP contribution in [0, 0.1) is 0 Å². The lowest BCUT2D eigenvalue weighted by molar-refractivity contribution is 0.117. The van der Waals surface area contributed by atoms with Gasteiger partial charge in [-0.25, -0.2) is 4.98 Å². The van der Waals surface area contributed by atoms with Crippen molar-refractivity contribution < 1.29 is 10.2 Å². The predicted octanol–water partition coefficient (Wildman–Crippen LogP) is 5.23. The molecule has 0 saturated carbocycles. The Hall–Kier alpha value is -3.58. The lowest BCUT2D eigenvalue weighted by Crippen LogP contribution is -2.31. The van der Waals surface area contributed by atoms with Crippen molar-refractivity contribution in [1.29, 1.82) is 0 Å². The Morgan fingerprint density at radius 3 is 2.41 bits per heavy atom. The van der Waals surface area contributed by atoms with Crippen molar-refractivity contribution in [2.75, 3.05) is 0 Å². The molecule has 5 rings (SSSR count). The number of nitrogens with one attached hydrogen (secondary N) is 1. The topological polar surface area (TPSA) is 91.1 Å². The number of imidazole rings is 1. The van der Waals surface area contributed by atoms with Crippen LogP contribution in [0.25, 0.3) is 22.0 Å². The number of H-pyrrole nitrogens is 1. The fourth-order valence-electron chi connectivity index (χ4n) is 4.30. The van der Waals surface area contributed by atoms with Gasteiger partial charge >= 0.3 is 0 Å². The van der Waals surface area contributed by atoms with Crippen LogP contribution >= 0.6 is 23.2 Å². The van der Waals surface area contributed by atoms with E-state index in [-0.39, 0.29) is 16.8 Å². The number of hydrogen-bond donors (Lipinski definition) is 3. The van der Waals surface area contributed by atoms with Gasteiger partial charge in [-0.2, -0.15) is 0 Å². The summed E-state index contributed by atoms with van der Waals surface area (Å²) in [4.78, 5) is 19.3. The first-order chi connectivity index (χ1) is 16.3. The summed E-state index contributed by atoms with van der Waals surface area (Å²) in [5, 5.41) is 24.8. The Kier molecular flexibility index (Phi) is 5.44. The second kappa shape index (κ2) is 8.33. The number of rotatable bonds is 4. The van der Waals surface area contributed by atoms with Crippen molar-refractivity contribution in [3.63, 3.8) is 0 Å². The minimum absolute atomic E-state index is 0.178. The maximum atomic E-state index is 12.4. The highest BCUT2D eigenvalue weighted by atomic mass is 35.5. The molecule has 0 amide bonds. The number of aryl methyl sites for hydroxylation is 1. The number of aromatic nitrogens is 3. The zero-order valence-corrected chi connectivity index (χ0v) is 19.5. The van der Waals surface area contributed by atoms with Crippen molar-refractivity contribution in [3.8, 4) is 16.9 Å². The molecule has 0 saturated heterocycles. The average Bonchev–Trinajstić information content (AvgIpc) is 3.25. The van der Waals surface area contributed by atoms with Crippen molar-refractivity contribution >= 4 is 34.1 Å². The van der Waals surface area contributed by atoms with Crippen LogP contribution in [-0.4, -0.2) is 24.7 Å². The van der Waals surface area contributed by atoms with Gasteiger partial charge in [0.15, 0.2) is 5.60 Å². The van der Waals surface area contributed by atoms with E-state index in [1.54, 1.807) is 72.7 Å². The van der Waals surface area contributed by atoms with E-state index in [4.69, 9.17) is 23.2 Å². The molecule has 2 heterocycles. The van der Waals surface area contributed by atoms with Gasteiger partial charge in [0.25, 0.3) is 0 Å². The van der Waals surface area contributed by atoms with Gasteiger partial charge in [-0.3, -0.25) is 4.79 Å². The summed E-state index contributed by atoms with van der Waals surface area (Å²) in [6.45, 7) is 0. The second-order valence-electron chi connectivity index (χ2n) is 8.08. The summed E-state index contributed by atoms with van der Waals surface area (Å²) in [6.07, 6.45) is 3.16. The number of nitrogens with zero attached hydrogens (tertiary/aromatic N) is 2. The fourth-order valence-corrected chi connectivity index (χ4v) is 4.62. The first-order valence-electron chi connectivity index (χ1n) is 10.4. The molecule has 0 fully saturated rings. The Morgan fingerprint density at radius 2 is 1.74 bits per heavy atom. The van der Waals surface area contributed by atoms with E-state index in [0.717, 1.165) is 0 Å². The monoisotopic (exact) mass is 491 g/mol. The van der Waals surface area contributed by atoms with Crippen molar-refractivity contribution in [3.05, 3.63) is 116 Å². The van der Waals surface area contributed by atoms with Crippen molar-refractivity contribution in [2.24, 2.45) is 7.05 Å². The van der Waals surface area contributed by atoms with Gasteiger partial charge in [0.1, 0.15) is 5.75 Å². The van der Waals surface area contributed by atoms with E-state index in [2.05, 4.69) is 9.97 Å². The number of phenolic OH excluding ortho intramolecular Hbond substituents is 1. The molecule has 3 aromatic carbocycles. The van der Waals surface area contributed by atoms with Gasteiger partial charge in [-0.1, -0.05) is 47.5 Å². The van der Waals surface area contributed by atoms with Gasteiger partial charge in [-0.15, -0.1) is 0 Å². The lowest BCUT2D eigenvalue weighted by atomic mass is 9.82. The maximum absolute atomic E-state index is 12.4. The summed E-state index contributed by atoms with van der Waals surface area (Å²) >= 11 is 12.3. The van der Waals surface area contributed by atoms with E-state index in [1.807, 2.05) is 6.07 Å². The van der Waals surface area contributed by atoms with E-state index in [9.17, 15) is 15.0 Å². The minimum atomic E-state index is -1.68. The number of aliphatic hydroxyl groups is 1. The van der Waals surface area contributed by atoms with Crippen LogP contribution in [0.3, 0.4) is 0 Å². The molecular weight excluding hydrogens is 473 g/mol. The molecule has 0 aliphatic carbocycles. The Morgan fingerprint density at radius 1 is 0.971 bits per heavy atom. The Balaban J connectivity index is 1.85.